The van der Waals surface area contributed by atoms with Crippen LogP contribution in [0.3, 0.4) is 0 Å². The van der Waals surface area contributed by atoms with Crippen LogP contribution in [-0.4, -0.2) is 40.7 Å². The second kappa shape index (κ2) is 7.90. The van der Waals surface area contributed by atoms with Crippen molar-refractivity contribution in [1.82, 2.24) is 15.0 Å². The van der Waals surface area contributed by atoms with Crippen molar-refractivity contribution in [1.29, 1.82) is 0 Å². The number of anilines is 7. The fraction of sp³-hybridized carbons (Fsp3) is 0.318. The van der Waals surface area contributed by atoms with Gasteiger partial charge in [-0.1, -0.05) is 0 Å². The standard InChI is InChI=1S/C22H25N8.Cu/c1-28(2)20-9-8-17(11-24-20)26-22-25-12-19-21(27-22)30(14-29(19)13-15-6-7-15)18-5-3-4-16(23)10-18;/h3-5,8-12,14-15H,6-7,13,23H2,1-2H3,(H,25,26,27);. The van der Waals surface area contributed by atoms with Crippen molar-refractivity contribution in [3.63, 3.8) is 0 Å². The van der Waals surface area contributed by atoms with Crippen molar-refractivity contribution in [3.05, 3.63) is 48.8 Å². The van der Waals surface area contributed by atoms with E-state index in [4.69, 9.17) is 26.7 Å². The molecule has 3 heterocycles. The molecule has 1 aromatic carbocycles. The molecule has 1 atom stereocenters. The fourth-order valence-electron chi connectivity index (χ4n) is 3.66. The summed E-state index contributed by atoms with van der Waals surface area (Å²) in [5.74, 6) is 2.86. The Morgan fingerprint density at radius 2 is 2.00 bits per heavy atom. The molecule has 2 aromatic heterocycles. The van der Waals surface area contributed by atoms with Gasteiger partial charge >= 0.3 is 190 Å². The van der Waals surface area contributed by atoms with E-state index >= 15 is 0 Å². The van der Waals surface area contributed by atoms with Crippen molar-refractivity contribution >= 4 is 40.3 Å². The van der Waals surface area contributed by atoms with Gasteiger partial charge in [0.25, 0.3) is 0 Å². The van der Waals surface area contributed by atoms with Gasteiger partial charge in [0.15, 0.2) is 0 Å². The Balaban J connectivity index is 1.48. The number of aromatic nitrogens is 3. The Hall–Kier alpha value is -3.03. The number of benzene rings is 1. The Morgan fingerprint density at radius 1 is 1.16 bits per heavy atom. The van der Waals surface area contributed by atoms with Crippen molar-refractivity contribution in [2.45, 2.75) is 17.9 Å². The van der Waals surface area contributed by atoms with Gasteiger partial charge in [0.05, 0.1) is 0 Å². The first-order valence-corrected chi connectivity index (χ1v) is 10.8. The number of nitrogens with two attached hydrogens (primary N) is 1. The first kappa shape index (κ1) is 19.9. The SMILES string of the molecule is CN(C)c1ccc(Nc2ncc3c(n2)N(c2cccc(N)c2)[CH]([Cu])N3CC2CC2)cn1. The zero-order chi connectivity index (χ0) is 21.5. The summed E-state index contributed by atoms with van der Waals surface area (Å²) in [7, 11) is 3.92. The summed E-state index contributed by atoms with van der Waals surface area (Å²) in [5.41, 5.74) is 9.45. The molecule has 3 aromatic rings. The fourth-order valence-corrected chi connectivity index (χ4v) is 4.15. The molecule has 0 spiro atoms. The number of pyridine rings is 1. The topological polar surface area (TPSA) is 86.4 Å². The van der Waals surface area contributed by atoms with Gasteiger partial charge < -0.3 is 0 Å². The van der Waals surface area contributed by atoms with Crippen LogP contribution in [0.4, 0.5) is 40.3 Å². The predicted molar refractivity (Wildman–Crippen MR) is 121 cm³/mol. The third-order valence-electron chi connectivity index (χ3n) is 5.48. The van der Waals surface area contributed by atoms with Crippen LogP contribution in [0, 0.1) is 5.92 Å². The summed E-state index contributed by atoms with van der Waals surface area (Å²) in [6.07, 6.45) is 6.13. The van der Waals surface area contributed by atoms with E-state index in [1.54, 1.807) is 6.20 Å². The molecule has 31 heavy (non-hydrogen) atoms. The summed E-state index contributed by atoms with van der Waals surface area (Å²) in [5, 5.41) is 2.96. The van der Waals surface area contributed by atoms with E-state index in [0.29, 0.717) is 17.6 Å². The number of nitrogens with zero attached hydrogens (tertiary/aromatic N) is 6. The second-order valence-electron chi connectivity index (χ2n) is 8.16. The molecular formula is C22H25CuN8. The number of nitrogens with one attached hydrogen (secondary N) is 1. The number of fused-ring (bicyclic) bond motifs is 1. The third-order valence-corrected chi connectivity index (χ3v) is 6.01. The van der Waals surface area contributed by atoms with Crippen molar-refractivity contribution < 1.29 is 16.0 Å². The van der Waals surface area contributed by atoms with E-state index in [1.807, 2.05) is 66.5 Å². The van der Waals surface area contributed by atoms with Gasteiger partial charge in [-0.3, -0.25) is 0 Å². The molecule has 1 saturated carbocycles. The molecule has 1 unspecified atom stereocenters. The monoisotopic (exact) mass is 464 g/mol. The van der Waals surface area contributed by atoms with Crippen LogP contribution in [0.25, 0.3) is 0 Å². The molecule has 1 aliphatic heterocycles. The van der Waals surface area contributed by atoms with E-state index in [-0.39, 0.29) is 5.06 Å². The molecule has 9 heteroatoms. The molecule has 5 rings (SSSR count). The Labute approximate surface area is 190 Å². The predicted octanol–water partition coefficient (Wildman–Crippen LogP) is 3.46. The van der Waals surface area contributed by atoms with Gasteiger partial charge in [0, 0.05) is 0 Å². The van der Waals surface area contributed by atoms with Crippen molar-refractivity contribution in [2.24, 2.45) is 5.92 Å². The van der Waals surface area contributed by atoms with Crippen LogP contribution in [0.15, 0.2) is 48.8 Å². The van der Waals surface area contributed by atoms with Gasteiger partial charge in [-0.2, -0.15) is 0 Å². The Morgan fingerprint density at radius 3 is 2.68 bits per heavy atom. The van der Waals surface area contributed by atoms with Gasteiger partial charge in [-0.25, -0.2) is 0 Å². The Bertz CT molecular complexity index is 1080. The molecule has 8 nitrogen and oxygen atoms in total. The molecule has 0 saturated heterocycles. The average Bonchev–Trinajstić information content (AvgIpc) is 3.53. The molecular weight excluding hydrogens is 440 g/mol. The molecule has 1 aliphatic carbocycles. The van der Waals surface area contributed by atoms with Crippen LogP contribution < -0.4 is 25.8 Å². The van der Waals surface area contributed by atoms with Crippen LogP contribution in [0.1, 0.15) is 12.8 Å². The van der Waals surface area contributed by atoms with Gasteiger partial charge in [-0.05, 0) is 0 Å². The minimum atomic E-state index is -0.296. The number of hydrogen-bond donors (Lipinski definition) is 2. The van der Waals surface area contributed by atoms with E-state index in [9.17, 15) is 0 Å². The molecule has 0 bridgehead atoms. The van der Waals surface area contributed by atoms with Crippen LogP contribution in [0.5, 0.6) is 0 Å². The van der Waals surface area contributed by atoms with Crippen LogP contribution >= 0.6 is 0 Å². The molecule has 2 aliphatic rings. The minimum absolute atomic E-state index is 0.296. The number of hydrogen-bond acceptors (Lipinski definition) is 8. The summed E-state index contributed by atoms with van der Waals surface area (Å²) in [6.45, 7) is 0.917. The quantitative estimate of drug-likeness (QED) is 0.423. The van der Waals surface area contributed by atoms with E-state index in [0.717, 1.165) is 35.2 Å². The van der Waals surface area contributed by atoms with Gasteiger partial charge in [0.2, 0.25) is 0 Å². The van der Waals surface area contributed by atoms with E-state index in [2.05, 4.69) is 20.2 Å². The van der Waals surface area contributed by atoms with Crippen molar-refractivity contribution in [2.75, 3.05) is 46.4 Å². The zero-order valence-electron chi connectivity index (χ0n) is 17.5. The first-order valence-electron chi connectivity index (χ1n) is 10.3. The Kier molecular flexibility index (Phi) is 5.08. The van der Waals surface area contributed by atoms with Crippen LogP contribution in [0.2, 0.25) is 0 Å². The summed E-state index contributed by atoms with van der Waals surface area (Å²) < 4.78 is 0. The maximum atomic E-state index is 6.13. The number of nitrogen functional groups attached to an aromatic ring is 1. The molecule has 164 valence electrons. The summed E-state index contributed by atoms with van der Waals surface area (Å²) in [4.78, 5) is 20.1. The van der Waals surface area contributed by atoms with Crippen LogP contribution in [-0.2, 0) is 16.0 Å². The molecule has 1 fully saturated rings. The summed E-state index contributed by atoms with van der Waals surface area (Å²) in [6, 6.07) is 11.7. The van der Waals surface area contributed by atoms with E-state index in [1.165, 1.54) is 12.8 Å². The zero-order valence-corrected chi connectivity index (χ0v) is 18.4. The normalized spacial score (nSPS) is 17.6. The first-order chi connectivity index (χ1) is 15.0. The number of rotatable bonds is 6. The van der Waals surface area contributed by atoms with Gasteiger partial charge in [-0.15, -0.1) is 0 Å². The molecule has 3 N–H and O–H groups in total. The van der Waals surface area contributed by atoms with Crippen molar-refractivity contribution in [3.8, 4) is 0 Å². The maximum absolute atomic E-state index is 6.13. The average molecular weight is 465 g/mol. The third kappa shape index (κ3) is 3.98. The van der Waals surface area contributed by atoms with Gasteiger partial charge in [0.1, 0.15) is 0 Å². The molecule has 0 radical (unpaired) electrons. The summed E-state index contributed by atoms with van der Waals surface area (Å²) >= 11 is 6.13. The molecule has 0 amide bonds. The second-order valence-corrected chi connectivity index (χ2v) is 8.65. The van der Waals surface area contributed by atoms with E-state index < -0.39 is 0 Å².